The van der Waals surface area contributed by atoms with Crippen LogP contribution in [0.4, 0.5) is 5.69 Å². The molecular formula is C14H16ClN3O3. The number of carbonyl (C=O) groups is 3. The van der Waals surface area contributed by atoms with Crippen molar-refractivity contribution in [2.45, 2.75) is 6.42 Å². The minimum atomic E-state index is -0.415. The van der Waals surface area contributed by atoms with Crippen LogP contribution >= 0.6 is 11.6 Å². The van der Waals surface area contributed by atoms with Crippen LogP contribution in [0, 0.1) is 5.92 Å². The molecule has 2 rings (SSSR count). The van der Waals surface area contributed by atoms with Gasteiger partial charge in [0.05, 0.1) is 16.6 Å². The maximum atomic E-state index is 12.1. The third-order valence-electron chi connectivity index (χ3n) is 3.23. The largest absolute Gasteiger partial charge is 0.355 e. The van der Waals surface area contributed by atoms with Gasteiger partial charge in [0, 0.05) is 32.6 Å². The van der Waals surface area contributed by atoms with Gasteiger partial charge in [0.1, 0.15) is 0 Å². The number of nitrogens with zero attached hydrogens (tertiary/aromatic N) is 1. The smallest absolute Gasteiger partial charge is 0.253 e. The van der Waals surface area contributed by atoms with Crippen LogP contribution in [-0.2, 0) is 9.59 Å². The lowest BCUT2D eigenvalue weighted by Crippen LogP contribution is -2.25. The molecule has 1 atom stereocenters. The summed E-state index contributed by atoms with van der Waals surface area (Å²) < 4.78 is 0. The number of hydrogen-bond acceptors (Lipinski definition) is 3. The summed E-state index contributed by atoms with van der Waals surface area (Å²) in [5.41, 5.74) is 0.800. The highest BCUT2D eigenvalue weighted by molar-refractivity contribution is 6.34. The Morgan fingerprint density at radius 1 is 1.38 bits per heavy atom. The topological polar surface area (TPSA) is 78.5 Å². The second-order valence-electron chi connectivity index (χ2n) is 5.09. The molecule has 0 aliphatic carbocycles. The minimum Gasteiger partial charge on any atom is -0.355 e. The average Bonchev–Trinajstić information content (AvgIpc) is 2.87. The highest BCUT2D eigenvalue weighted by atomic mass is 35.5. The van der Waals surface area contributed by atoms with E-state index in [4.69, 9.17) is 11.6 Å². The zero-order chi connectivity index (χ0) is 15.6. The molecule has 0 radical (unpaired) electrons. The first-order chi connectivity index (χ1) is 9.88. The number of nitrogens with one attached hydrogen (secondary N) is 2. The molecule has 0 aromatic heterocycles. The molecule has 7 heteroatoms. The molecule has 1 aromatic rings. The molecule has 0 spiro atoms. The number of carbonyl (C=O) groups excluding carboxylic acids is 3. The normalized spacial score (nSPS) is 17.3. The van der Waals surface area contributed by atoms with E-state index in [0.29, 0.717) is 22.8 Å². The molecule has 1 unspecified atom stereocenters. The SMILES string of the molecule is CN(C)C(=O)c1ccc(Cl)c(NC(=O)C2CNC(=O)C2)c1. The highest BCUT2D eigenvalue weighted by Crippen LogP contribution is 2.25. The first-order valence-electron chi connectivity index (χ1n) is 6.47. The molecule has 112 valence electrons. The number of rotatable bonds is 3. The molecule has 2 N–H and O–H groups in total. The van der Waals surface area contributed by atoms with E-state index in [1.165, 1.54) is 11.0 Å². The third-order valence-corrected chi connectivity index (χ3v) is 3.56. The summed E-state index contributed by atoms with van der Waals surface area (Å²) in [5.74, 6) is -1.02. The predicted octanol–water partition coefficient (Wildman–Crippen LogP) is 1.12. The average molecular weight is 310 g/mol. The summed E-state index contributed by atoms with van der Waals surface area (Å²) in [6.45, 7) is 0.318. The number of benzene rings is 1. The summed E-state index contributed by atoms with van der Waals surface area (Å²) in [6, 6.07) is 4.69. The minimum absolute atomic E-state index is 0.141. The summed E-state index contributed by atoms with van der Waals surface area (Å²) >= 11 is 6.04. The van der Waals surface area contributed by atoms with Crippen LogP contribution in [0.2, 0.25) is 5.02 Å². The van der Waals surface area contributed by atoms with E-state index in [2.05, 4.69) is 10.6 Å². The van der Waals surface area contributed by atoms with Crippen molar-refractivity contribution in [2.24, 2.45) is 5.92 Å². The van der Waals surface area contributed by atoms with Crippen molar-refractivity contribution in [1.82, 2.24) is 10.2 Å². The van der Waals surface area contributed by atoms with Crippen molar-refractivity contribution in [3.8, 4) is 0 Å². The zero-order valence-corrected chi connectivity index (χ0v) is 12.5. The lowest BCUT2D eigenvalue weighted by atomic mass is 10.1. The zero-order valence-electron chi connectivity index (χ0n) is 11.8. The number of anilines is 1. The standard InChI is InChI=1S/C14H16ClN3O3/c1-18(2)14(21)8-3-4-10(15)11(5-8)17-13(20)9-6-12(19)16-7-9/h3-5,9H,6-7H2,1-2H3,(H,16,19)(H,17,20). The monoisotopic (exact) mass is 309 g/mol. The van der Waals surface area contributed by atoms with Gasteiger partial charge in [-0.3, -0.25) is 14.4 Å². The quantitative estimate of drug-likeness (QED) is 0.878. The Bertz CT molecular complexity index is 601. The van der Waals surface area contributed by atoms with E-state index in [0.717, 1.165) is 0 Å². The van der Waals surface area contributed by atoms with E-state index >= 15 is 0 Å². The molecule has 1 aliphatic rings. The van der Waals surface area contributed by atoms with Gasteiger partial charge in [0.15, 0.2) is 0 Å². The van der Waals surface area contributed by atoms with Crippen molar-refractivity contribution in [3.63, 3.8) is 0 Å². The van der Waals surface area contributed by atoms with Gasteiger partial charge in [-0.2, -0.15) is 0 Å². The number of hydrogen-bond donors (Lipinski definition) is 2. The van der Waals surface area contributed by atoms with Crippen LogP contribution in [0.3, 0.4) is 0 Å². The maximum Gasteiger partial charge on any atom is 0.253 e. The Morgan fingerprint density at radius 2 is 2.10 bits per heavy atom. The van der Waals surface area contributed by atoms with E-state index in [9.17, 15) is 14.4 Å². The van der Waals surface area contributed by atoms with Crippen LogP contribution in [0.5, 0.6) is 0 Å². The lowest BCUT2D eigenvalue weighted by molar-refractivity contribution is -0.123. The van der Waals surface area contributed by atoms with Crippen LogP contribution < -0.4 is 10.6 Å². The first-order valence-corrected chi connectivity index (χ1v) is 6.85. The molecule has 1 aromatic carbocycles. The Kier molecular flexibility index (Phi) is 4.47. The summed E-state index contributed by atoms with van der Waals surface area (Å²) in [7, 11) is 3.29. The molecule has 1 heterocycles. The Labute approximate surface area is 127 Å². The molecule has 1 aliphatic heterocycles. The Balaban J connectivity index is 2.15. The van der Waals surface area contributed by atoms with Crippen molar-refractivity contribution in [2.75, 3.05) is 26.0 Å². The third kappa shape index (κ3) is 3.52. The van der Waals surface area contributed by atoms with E-state index in [1.54, 1.807) is 26.2 Å². The number of halogens is 1. The Morgan fingerprint density at radius 3 is 2.67 bits per heavy atom. The predicted molar refractivity (Wildman–Crippen MR) is 79.2 cm³/mol. The van der Waals surface area contributed by atoms with E-state index in [-0.39, 0.29) is 24.1 Å². The molecule has 3 amide bonds. The maximum absolute atomic E-state index is 12.1. The van der Waals surface area contributed by atoms with Gasteiger partial charge in [-0.25, -0.2) is 0 Å². The molecule has 21 heavy (non-hydrogen) atoms. The fourth-order valence-corrected chi connectivity index (χ4v) is 2.20. The van der Waals surface area contributed by atoms with Gasteiger partial charge in [-0.05, 0) is 18.2 Å². The van der Waals surface area contributed by atoms with Crippen molar-refractivity contribution < 1.29 is 14.4 Å². The van der Waals surface area contributed by atoms with Gasteiger partial charge in [0.25, 0.3) is 5.91 Å². The molecule has 6 nitrogen and oxygen atoms in total. The second kappa shape index (κ2) is 6.13. The molecule has 1 fully saturated rings. The first kappa shape index (κ1) is 15.3. The molecule has 0 bridgehead atoms. The molecule has 0 saturated carbocycles. The lowest BCUT2D eigenvalue weighted by Gasteiger charge is -2.14. The van der Waals surface area contributed by atoms with Crippen LogP contribution in [0.25, 0.3) is 0 Å². The fourth-order valence-electron chi connectivity index (χ4n) is 2.04. The summed E-state index contributed by atoms with van der Waals surface area (Å²) in [6.07, 6.45) is 0.166. The highest BCUT2D eigenvalue weighted by Gasteiger charge is 2.28. The summed E-state index contributed by atoms with van der Waals surface area (Å²) in [5, 5.41) is 5.62. The van der Waals surface area contributed by atoms with Gasteiger partial charge < -0.3 is 15.5 Å². The van der Waals surface area contributed by atoms with Crippen molar-refractivity contribution >= 4 is 35.0 Å². The van der Waals surface area contributed by atoms with Crippen LogP contribution in [0.1, 0.15) is 16.8 Å². The fraction of sp³-hybridized carbons (Fsp3) is 0.357. The van der Waals surface area contributed by atoms with Gasteiger partial charge in [-0.15, -0.1) is 0 Å². The molecule has 1 saturated heterocycles. The van der Waals surface area contributed by atoms with Gasteiger partial charge in [-0.1, -0.05) is 11.6 Å². The van der Waals surface area contributed by atoms with Crippen LogP contribution in [0.15, 0.2) is 18.2 Å². The molecular weight excluding hydrogens is 294 g/mol. The van der Waals surface area contributed by atoms with Crippen LogP contribution in [-0.4, -0.2) is 43.3 Å². The van der Waals surface area contributed by atoms with Gasteiger partial charge >= 0.3 is 0 Å². The van der Waals surface area contributed by atoms with E-state index in [1.807, 2.05) is 0 Å². The Hall–Kier alpha value is -2.08. The van der Waals surface area contributed by atoms with Crippen molar-refractivity contribution in [3.05, 3.63) is 28.8 Å². The summed E-state index contributed by atoms with van der Waals surface area (Å²) in [4.78, 5) is 36.5. The van der Waals surface area contributed by atoms with Gasteiger partial charge in [0.2, 0.25) is 11.8 Å². The second-order valence-corrected chi connectivity index (χ2v) is 5.50. The number of amides is 3. The van der Waals surface area contributed by atoms with E-state index < -0.39 is 5.92 Å². The van der Waals surface area contributed by atoms with Crippen molar-refractivity contribution in [1.29, 1.82) is 0 Å².